The lowest BCUT2D eigenvalue weighted by Crippen LogP contribution is -2.13. The third kappa shape index (κ3) is 3.20. The van der Waals surface area contributed by atoms with Crippen LogP contribution >= 0.6 is 23.3 Å². The van der Waals surface area contributed by atoms with Crippen LogP contribution in [0.1, 0.15) is 38.1 Å². The van der Waals surface area contributed by atoms with Gasteiger partial charge in [0.2, 0.25) is 0 Å². The summed E-state index contributed by atoms with van der Waals surface area (Å²) in [6.45, 7) is 6.21. The van der Waals surface area contributed by atoms with Crippen molar-refractivity contribution in [3.63, 3.8) is 0 Å². The smallest absolute Gasteiger partial charge is 0.176 e. The van der Waals surface area contributed by atoms with Crippen LogP contribution in [0.25, 0.3) is 0 Å². The Morgan fingerprint density at radius 2 is 2.21 bits per heavy atom. The summed E-state index contributed by atoms with van der Waals surface area (Å²) in [7, 11) is 0. The molecule has 19 heavy (non-hydrogen) atoms. The number of nitrogens with zero attached hydrogens (tertiary/aromatic N) is 4. The van der Waals surface area contributed by atoms with Crippen LogP contribution in [0.2, 0.25) is 0 Å². The van der Waals surface area contributed by atoms with Crippen molar-refractivity contribution in [1.82, 2.24) is 19.3 Å². The second-order valence-corrected chi connectivity index (χ2v) is 6.16. The van der Waals surface area contributed by atoms with Gasteiger partial charge in [0.1, 0.15) is 23.0 Å². The normalized spacial score (nSPS) is 11.0. The predicted octanol–water partition coefficient (Wildman–Crippen LogP) is 2.45. The van der Waals surface area contributed by atoms with E-state index in [-0.39, 0.29) is 5.92 Å². The highest BCUT2D eigenvalue weighted by Crippen LogP contribution is 2.35. The average Bonchev–Trinajstić information content (AvgIpc) is 2.85. The number of hydrogen-bond acceptors (Lipinski definition) is 8. The van der Waals surface area contributed by atoms with Gasteiger partial charge >= 0.3 is 0 Å². The van der Waals surface area contributed by atoms with E-state index in [9.17, 15) is 0 Å². The van der Waals surface area contributed by atoms with Gasteiger partial charge in [0, 0.05) is 12.0 Å². The lowest BCUT2D eigenvalue weighted by atomic mass is 10.1. The van der Waals surface area contributed by atoms with Crippen molar-refractivity contribution >= 4 is 29.1 Å². The van der Waals surface area contributed by atoms with Crippen molar-refractivity contribution in [3.05, 3.63) is 17.7 Å². The summed E-state index contributed by atoms with van der Waals surface area (Å²) >= 11 is 2.90. The van der Waals surface area contributed by atoms with Crippen LogP contribution in [-0.2, 0) is 6.42 Å². The van der Waals surface area contributed by atoms with Gasteiger partial charge < -0.3 is 5.43 Å². The Morgan fingerprint density at radius 3 is 2.79 bits per heavy atom. The zero-order chi connectivity index (χ0) is 13.8. The number of aromatic nitrogens is 4. The number of hydrogen-bond donors (Lipinski definition) is 2. The minimum absolute atomic E-state index is 0.272. The molecular formula is C11H16N6S2. The molecule has 0 bridgehead atoms. The highest BCUT2D eigenvalue weighted by Gasteiger charge is 2.17. The number of rotatable bonds is 5. The second kappa shape index (κ2) is 6.27. The van der Waals surface area contributed by atoms with Gasteiger partial charge in [-0.05, 0) is 29.2 Å². The molecule has 6 nitrogen and oxygen atoms in total. The lowest BCUT2D eigenvalue weighted by molar-refractivity contribution is 0.803. The molecule has 0 aliphatic heterocycles. The summed E-state index contributed by atoms with van der Waals surface area (Å²) in [6, 6.07) is 0. The minimum atomic E-state index is 0.272. The number of anilines is 1. The Morgan fingerprint density at radius 1 is 1.42 bits per heavy atom. The molecule has 0 saturated heterocycles. The first-order valence-corrected chi connectivity index (χ1v) is 7.56. The maximum absolute atomic E-state index is 5.50. The van der Waals surface area contributed by atoms with Gasteiger partial charge in [-0.3, -0.25) is 0 Å². The molecule has 0 aromatic carbocycles. The molecule has 3 N–H and O–H groups in total. The third-order valence-electron chi connectivity index (χ3n) is 2.51. The summed E-state index contributed by atoms with van der Waals surface area (Å²) in [4.78, 5) is 12.9. The number of aryl methyl sites for hydroxylation is 1. The van der Waals surface area contributed by atoms with Gasteiger partial charge in [-0.1, -0.05) is 20.8 Å². The molecule has 0 fully saturated rings. The lowest BCUT2D eigenvalue weighted by Gasteiger charge is -2.13. The zero-order valence-corrected chi connectivity index (χ0v) is 12.7. The molecule has 0 aliphatic rings. The van der Waals surface area contributed by atoms with E-state index in [2.05, 4.69) is 38.6 Å². The summed E-state index contributed by atoms with van der Waals surface area (Å²) in [5.74, 6) is 7.30. The quantitative estimate of drug-likeness (QED) is 0.497. The van der Waals surface area contributed by atoms with Crippen molar-refractivity contribution in [2.45, 2.75) is 42.5 Å². The molecule has 8 heteroatoms. The van der Waals surface area contributed by atoms with Crippen molar-refractivity contribution < 1.29 is 0 Å². The van der Waals surface area contributed by atoms with Gasteiger partial charge in [-0.2, -0.15) is 4.37 Å². The molecule has 2 heterocycles. The summed E-state index contributed by atoms with van der Waals surface area (Å²) in [6.07, 6.45) is 2.35. The van der Waals surface area contributed by atoms with Crippen molar-refractivity contribution in [1.29, 1.82) is 0 Å². The molecule has 2 aromatic rings. The Labute approximate surface area is 120 Å². The van der Waals surface area contributed by atoms with E-state index in [0.717, 1.165) is 27.2 Å². The van der Waals surface area contributed by atoms with Gasteiger partial charge in [0.25, 0.3) is 0 Å². The molecule has 0 spiro atoms. The van der Waals surface area contributed by atoms with Crippen LogP contribution in [0.4, 0.5) is 5.82 Å². The van der Waals surface area contributed by atoms with E-state index in [1.807, 2.05) is 6.92 Å². The molecule has 0 radical (unpaired) electrons. The van der Waals surface area contributed by atoms with Crippen LogP contribution in [0.3, 0.4) is 0 Å². The maximum Gasteiger partial charge on any atom is 0.176 e. The van der Waals surface area contributed by atoms with Gasteiger partial charge in [0.15, 0.2) is 4.34 Å². The van der Waals surface area contributed by atoms with E-state index in [1.165, 1.54) is 29.6 Å². The van der Waals surface area contributed by atoms with Gasteiger partial charge in [-0.25, -0.2) is 20.8 Å². The molecule has 2 aromatic heterocycles. The minimum Gasteiger partial charge on any atom is -0.308 e. The van der Waals surface area contributed by atoms with Gasteiger partial charge in [-0.15, -0.1) is 0 Å². The first kappa shape index (κ1) is 14.2. The van der Waals surface area contributed by atoms with Crippen molar-refractivity contribution in [2.24, 2.45) is 5.84 Å². The SMILES string of the molecule is CCc1nsc(Sc2ncnc(NN)c2C(C)C)n1. The van der Waals surface area contributed by atoms with Gasteiger partial charge in [0.05, 0.1) is 0 Å². The van der Waals surface area contributed by atoms with Crippen molar-refractivity contribution in [3.8, 4) is 0 Å². The van der Waals surface area contributed by atoms with Crippen LogP contribution in [0.15, 0.2) is 15.7 Å². The molecule has 0 saturated carbocycles. The standard InChI is InChI=1S/C11H16N6S2/c1-4-7-15-11(19-17-7)18-10-8(6(2)3)9(16-12)13-5-14-10/h5-6H,4,12H2,1-3H3,(H,13,14,16). The molecular weight excluding hydrogens is 280 g/mol. The Bertz CT molecular complexity index is 554. The average molecular weight is 296 g/mol. The number of hydrazine groups is 1. The Hall–Kier alpha value is -1.25. The Kier molecular flexibility index (Phi) is 4.67. The molecule has 0 amide bonds. The molecule has 0 unspecified atom stereocenters. The van der Waals surface area contributed by atoms with E-state index in [4.69, 9.17) is 5.84 Å². The maximum atomic E-state index is 5.50. The molecule has 0 aliphatic carbocycles. The Balaban J connectivity index is 2.33. The largest absolute Gasteiger partial charge is 0.308 e. The zero-order valence-electron chi connectivity index (χ0n) is 11.0. The number of nitrogens with one attached hydrogen (secondary N) is 1. The monoisotopic (exact) mass is 296 g/mol. The summed E-state index contributed by atoms with van der Waals surface area (Å²) in [5.41, 5.74) is 3.63. The second-order valence-electron chi connectivity index (χ2n) is 4.17. The van der Waals surface area contributed by atoms with E-state index < -0.39 is 0 Å². The van der Waals surface area contributed by atoms with Crippen LogP contribution in [-0.4, -0.2) is 19.3 Å². The third-order valence-corrected chi connectivity index (χ3v) is 4.32. The number of nitrogens with two attached hydrogens (primary N) is 1. The van der Waals surface area contributed by atoms with Crippen LogP contribution in [0.5, 0.6) is 0 Å². The molecule has 102 valence electrons. The fourth-order valence-corrected chi connectivity index (χ4v) is 3.46. The first-order valence-electron chi connectivity index (χ1n) is 5.97. The van der Waals surface area contributed by atoms with Crippen LogP contribution < -0.4 is 11.3 Å². The highest BCUT2D eigenvalue weighted by atomic mass is 32.2. The molecule has 0 atom stereocenters. The fraction of sp³-hybridized carbons (Fsp3) is 0.455. The van der Waals surface area contributed by atoms with E-state index in [0.29, 0.717) is 5.82 Å². The van der Waals surface area contributed by atoms with Crippen LogP contribution in [0, 0.1) is 0 Å². The summed E-state index contributed by atoms with van der Waals surface area (Å²) in [5, 5.41) is 0.872. The summed E-state index contributed by atoms with van der Waals surface area (Å²) < 4.78 is 5.16. The highest BCUT2D eigenvalue weighted by molar-refractivity contribution is 8.00. The predicted molar refractivity (Wildman–Crippen MR) is 77.3 cm³/mol. The van der Waals surface area contributed by atoms with E-state index in [1.54, 1.807) is 0 Å². The fourth-order valence-electron chi connectivity index (χ4n) is 1.60. The number of nitrogen functional groups attached to an aromatic ring is 1. The van der Waals surface area contributed by atoms with E-state index >= 15 is 0 Å². The van der Waals surface area contributed by atoms with Crippen molar-refractivity contribution in [2.75, 3.05) is 5.43 Å². The topological polar surface area (TPSA) is 89.6 Å². The first-order chi connectivity index (χ1) is 9.15. The molecule has 2 rings (SSSR count).